The molecular weight excluding hydrogens is 639 g/mol. The van der Waals surface area contributed by atoms with Gasteiger partial charge in [-0.05, 0) is 89.6 Å². The monoisotopic (exact) mass is 666 g/mol. The van der Waals surface area contributed by atoms with Crippen LogP contribution in [0.15, 0.2) is 98.6 Å². The number of rotatable bonds is 6. The first-order valence-electron chi connectivity index (χ1n) is 12.7. The van der Waals surface area contributed by atoms with Crippen LogP contribution in [0.25, 0.3) is 21.8 Å². The van der Waals surface area contributed by atoms with Crippen LogP contribution in [0.5, 0.6) is 5.75 Å². The number of carbonyl (C=O) groups is 1. The SMILES string of the molecule is CCn1c2ccccc2c2cc([P@](=Nc3ccc(C(=O)O)cc3)(Oc3ccc(Br)cc3Br)C(C)(C)C)ccc21. The van der Waals surface area contributed by atoms with Gasteiger partial charge in [-0.15, -0.1) is 0 Å². The first-order chi connectivity index (χ1) is 18.5. The molecule has 1 aromatic heterocycles. The molecule has 0 aliphatic heterocycles. The Kier molecular flexibility index (Phi) is 7.53. The number of aromatic nitrogens is 1. The third-order valence-electron chi connectivity index (χ3n) is 6.83. The fourth-order valence-corrected chi connectivity index (χ4v) is 9.25. The lowest BCUT2D eigenvalue weighted by Crippen LogP contribution is -2.27. The van der Waals surface area contributed by atoms with Gasteiger partial charge in [0.05, 0.1) is 15.7 Å². The Bertz CT molecular complexity index is 1770. The van der Waals surface area contributed by atoms with E-state index < -0.39 is 18.4 Å². The maximum atomic E-state index is 11.5. The second-order valence-corrected chi connectivity index (χ2v) is 15.5. The van der Waals surface area contributed by atoms with Crippen LogP contribution in [0, 0.1) is 0 Å². The average molecular weight is 668 g/mol. The van der Waals surface area contributed by atoms with Gasteiger partial charge in [-0.3, -0.25) is 0 Å². The van der Waals surface area contributed by atoms with E-state index in [0.717, 1.165) is 26.2 Å². The van der Waals surface area contributed by atoms with Gasteiger partial charge in [0.1, 0.15) is 5.75 Å². The predicted molar refractivity (Wildman–Crippen MR) is 169 cm³/mol. The molecule has 39 heavy (non-hydrogen) atoms. The summed E-state index contributed by atoms with van der Waals surface area (Å²) < 4.78 is 16.5. The molecule has 0 fully saturated rings. The minimum atomic E-state index is -2.82. The number of nitrogens with zero attached hydrogens (tertiary/aromatic N) is 2. The van der Waals surface area contributed by atoms with E-state index in [1.54, 1.807) is 24.3 Å². The second-order valence-electron chi connectivity index (χ2n) is 10.3. The fourth-order valence-electron chi connectivity index (χ4n) is 4.90. The minimum Gasteiger partial charge on any atom is -0.478 e. The van der Waals surface area contributed by atoms with Crippen LogP contribution in [-0.2, 0) is 6.54 Å². The highest BCUT2D eigenvalue weighted by molar-refractivity contribution is 9.11. The molecule has 0 unspecified atom stereocenters. The highest BCUT2D eigenvalue weighted by atomic mass is 79.9. The number of hydrogen-bond donors (Lipinski definition) is 1. The molecule has 5 nitrogen and oxygen atoms in total. The second kappa shape index (κ2) is 10.6. The maximum absolute atomic E-state index is 11.5. The normalized spacial score (nSPS) is 13.4. The van der Waals surface area contributed by atoms with Gasteiger partial charge >= 0.3 is 5.97 Å². The van der Waals surface area contributed by atoms with Gasteiger partial charge in [-0.25, -0.2) is 9.54 Å². The lowest BCUT2D eigenvalue weighted by atomic mass is 10.1. The molecule has 1 atom stereocenters. The topological polar surface area (TPSA) is 63.8 Å². The van der Waals surface area contributed by atoms with Crippen molar-refractivity contribution in [2.45, 2.75) is 39.4 Å². The lowest BCUT2D eigenvalue weighted by Gasteiger charge is -2.37. The molecule has 1 heterocycles. The molecule has 8 heteroatoms. The number of fused-ring (bicyclic) bond motifs is 3. The number of halogens is 2. The van der Waals surface area contributed by atoms with Crippen molar-refractivity contribution in [1.82, 2.24) is 4.57 Å². The van der Waals surface area contributed by atoms with Crippen LogP contribution in [0.4, 0.5) is 5.69 Å². The molecule has 0 aliphatic carbocycles. The molecule has 5 rings (SSSR count). The van der Waals surface area contributed by atoms with E-state index in [0.29, 0.717) is 11.4 Å². The van der Waals surface area contributed by atoms with Crippen LogP contribution in [-0.4, -0.2) is 20.8 Å². The quantitative estimate of drug-likeness (QED) is 0.183. The lowest BCUT2D eigenvalue weighted by molar-refractivity contribution is 0.0697. The largest absolute Gasteiger partial charge is 0.478 e. The summed E-state index contributed by atoms with van der Waals surface area (Å²) in [4.78, 5) is 11.5. The van der Waals surface area contributed by atoms with Crippen LogP contribution >= 0.6 is 39.1 Å². The molecule has 200 valence electrons. The summed E-state index contributed by atoms with van der Waals surface area (Å²) in [5.41, 5.74) is 3.27. The summed E-state index contributed by atoms with van der Waals surface area (Å²) in [5.74, 6) is -0.269. The zero-order valence-corrected chi connectivity index (χ0v) is 26.2. The third-order valence-corrected chi connectivity index (χ3v) is 11.7. The van der Waals surface area contributed by atoms with Crippen molar-refractivity contribution in [2.24, 2.45) is 4.74 Å². The summed E-state index contributed by atoms with van der Waals surface area (Å²) in [6.45, 7) is 9.49. The Morgan fingerprint density at radius 3 is 2.26 bits per heavy atom. The first kappa shape index (κ1) is 27.7. The van der Waals surface area contributed by atoms with E-state index >= 15 is 0 Å². The van der Waals surface area contributed by atoms with Crippen LogP contribution in [0.2, 0.25) is 0 Å². The smallest absolute Gasteiger partial charge is 0.335 e. The minimum absolute atomic E-state index is 0.221. The van der Waals surface area contributed by atoms with E-state index in [1.165, 1.54) is 16.4 Å². The summed E-state index contributed by atoms with van der Waals surface area (Å²) in [7, 11) is -2.82. The number of benzene rings is 4. The van der Waals surface area contributed by atoms with Crippen LogP contribution in [0.1, 0.15) is 38.1 Å². The molecule has 0 saturated carbocycles. The van der Waals surface area contributed by atoms with Crippen molar-refractivity contribution >= 4 is 77.9 Å². The highest BCUT2D eigenvalue weighted by Crippen LogP contribution is 2.63. The third kappa shape index (κ3) is 5.08. The van der Waals surface area contributed by atoms with Gasteiger partial charge in [0.2, 0.25) is 0 Å². The van der Waals surface area contributed by atoms with E-state index in [-0.39, 0.29) is 5.56 Å². The van der Waals surface area contributed by atoms with Gasteiger partial charge in [0.25, 0.3) is 0 Å². The Hall–Kier alpha value is -2.86. The van der Waals surface area contributed by atoms with E-state index in [4.69, 9.17) is 9.27 Å². The van der Waals surface area contributed by atoms with Crippen molar-refractivity contribution in [2.75, 3.05) is 0 Å². The molecule has 4 aromatic carbocycles. The highest BCUT2D eigenvalue weighted by Gasteiger charge is 2.39. The number of aromatic carboxylic acids is 1. The van der Waals surface area contributed by atoms with Crippen molar-refractivity contribution in [3.63, 3.8) is 0 Å². The molecule has 0 radical (unpaired) electrons. The summed E-state index contributed by atoms with van der Waals surface area (Å²) in [5, 5.41) is 12.4. The zero-order valence-electron chi connectivity index (χ0n) is 22.2. The standard InChI is InChI=1S/C31H29Br2N2O3P/c1-5-35-27-9-7-6-8-24(27)25-19-23(15-16-28(25)35)39(31(2,3)4,38-29-17-12-21(32)18-26(29)33)34-22-13-10-20(11-14-22)30(36)37/h6-19H,5H2,1-4H3,(H,36,37)/t39-/m0/s1. The maximum Gasteiger partial charge on any atom is 0.335 e. The summed E-state index contributed by atoms with van der Waals surface area (Å²) >= 11 is 7.23. The van der Waals surface area contributed by atoms with Gasteiger partial charge < -0.3 is 14.2 Å². The Labute approximate surface area is 245 Å². The molecule has 0 aliphatic rings. The Morgan fingerprint density at radius 1 is 0.923 bits per heavy atom. The van der Waals surface area contributed by atoms with Gasteiger partial charge in [-0.2, -0.15) is 0 Å². The Balaban J connectivity index is 1.84. The van der Waals surface area contributed by atoms with E-state index in [1.807, 2.05) is 18.2 Å². The molecule has 0 saturated heterocycles. The fraction of sp³-hybridized carbons (Fsp3) is 0.194. The molecule has 0 amide bonds. The Morgan fingerprint density at radius 2 is 1.62 bits per heavy atom. The average Bonchev–Trinajstić information content (AvgIpc) is 3.22. The number of para-hydroxylation sites is 1. The molecule has 0 bridgehead atoms. The van der Waals surface area contributed by atoms with Gasteiger partial charge in [-0.1, -0.05) is 54.9 Å². The van der Waals surface area contributed by atoms with Gasteiger partial charge in [0.15, 0.2) is 7.28 Å². The van der Waals surface area contributed by atoms with Crippen molar-refractivity contribution in [1.29, 1.82) is 0 Å². The summed E-state index contributed by atoms with van der Waals surface area (Å²) in [6.07, 6.45) is 0. The first-order valence-corrected chi connectivity index (χ1v) is 15.9. The number of hydrogen-bond acceptors (Lipinski definition) is 3. The van der Waals surface area contributed by atoms with Gasteiger partial charge in [0, 0.05) is 43.3 Å². The molecule has 5 aromatic rings. The van der Waals surface area contributed by atoms with Crippen molar-refractivity contribution in [3.05, 3.63) is 99.4 Å². The van der Waals surface area contributed by atoms with E-state index in [2.05, 4.69) is 107 Å². The van der Waals surface area contributed by atoms with Crippen molar-refractivity contribution in [3.8, 4) is 5.75 Å². The molecule has 0 spiro atoms. The van der Waals surface area contributed by atoms with Crippen LogP contribution < -0.4 is 9.83 Å². The number of carboxylic acids is 1. The molecular formula is C31H29Br2N2O3P. The zero-order chi connectivity index (χ0) is 27.9. The van der Waals surface area contributed by atoms with Crippen molar-refractivity contribution < 1.29 is 14.4 Å². The summed E-state index contributed by atoms with van der Waals surface area (Å²) in [6, 6.07) is 27.6. The van der Waals surface area contributed by atoms with Crippen LogP contribution in [0.3, 0.4) is 0 Å². The molecule has 1 N–H and O–H groups in total. The number of carboxylic acid groups (broad SMARTS) is 1. The number of aryl methyl sites for hydroxylation is 1. The predicted octanol–water partition coefficient (Wildman–Crippen LogP) is 9.99. The van der Waals surface area contributed by atoms with E-state index in [9.17, 15) is 9.90 Å².